The Morgan fingerprint density at radius 2 is 1.67 bits per heavy atom. The number of hydrogen-bond acceptors (Lipinski definition) is 3. The van der Waals surface area contributed by atoms with Crippen LogP contribution in [0.25, 0.3) is 0 Å². The maximum absolute atomic E-state index is 12.3. The van der Waals surface area contributed by atoms with Gasteiger partial charge in [-0.15, -0.1) is 0 Å². The van der Waals surface area contributed by atoms with E-state index in [9.17, 15) is 13.2 Å². The van der Waals surface area contributed by atoms with Crippen molar-refractivity contribution >= 4 is 72.5 Å². The minimum Gasteiger partial charge on any atom is -0.324 e. The van der Waals surface area contributed by atoms with Gasteiger partial charge < -0.3 is 5.32 Å². The number of benzene rings is 2. The number of nitrogens with one attached hydrogen (secondary N) is 1. The predicted molar refractivity (Wildman–Crippen MR) is 114 cm³/mol. The van der Waals surface area contributed by atoms with E-state index in [1.165, 1.54) is 0 Å². The molecule has 0 fully saturated rings. The van der Waals surface area contributed by atoms with E-state index in [0.29, 0.717) is 11.4 Å². The summed E-state index contributed by atoms with van der Waals surface area (Å²) < 4.78 is 27.3. The number of anilines is 2. The van der Waals surface area contributed by atoms with Crippen LogP contribution in [0.15, 0.2) is 42.5 Å². The van der Waals surface area contributed by atoms with E-state index in [1.54, 1.807) is 24.3 Å². The van der Waals surface area contributed by atoms with Gasteiger partial charge in [0.25, 0.3) is 0 Å². The molecule has 128 valence electrons. The Kier molecular flexibility index (Phi) is 6.48. The van der Waals surface area contributed by atoms with Gasteiger partial charge in [0.2, 0.25) is 15.9 Å². The number of hydrogen-bond donors (Lipinski definition) is 1. The van der Waals surface area contributed by atoms with Crippen LogP contribution in [0.2, 0.25) is 0 Å². The molecule has 0 aliphatic carbocycles. The molecule has 5 nitrogen and oxygen atoms in total. The fraction of sp³-hybridized carbons (Fsp3) is 0.188. The fourth-order valence-electron chi connectivity index (χ4n) is 2.09. The van der Waals surface area contributed by atoms with Gasteiger partial charge in [-0.05, 0) is 100 Å². The van der Waals surface area contributed by atoms with Gasteiger partial charge >= 0.3 is 0 Å². The molecule has 0 spiro atoms. The molecule has 2 aromatic rings. The summed E-state index contributed by atoms with van der Waals surface area (Å²) in [5, 5.41) is 2.77. The van der Waals surface area contributed by atoms with Crippen molar-refractivity contribution in [2.75, 3.05) is 22.4 Å². The summed E-state index contributed by atoms with van der Waals surface area (Å²) in [5.74, 6) is -0.386. The molecule has 0 saturated carbocycles. The molecule has 0 heterocycles. The highest BCUT2D eigenvalue weighted by Gasteiger charge is 2.21. The quantitative estimate of drug-likeness (QED) is 0.560. The van der Waals surface area contributed by atoms with Crippen LogP contribution >= 0.6 is 45.2 Å². The standard InChI is InChI=1S/C16H16I2N2O3S/c1-11-9-13(18)5-8-15(11)19-16(21)10-20(24(2,22)23)14-6-3-12(17)4-7-14/h3-9H,10H2,1-2H3,(H,19,21). The second kappa shape index (κ2) is 8.00. The van der Waals surface area contributed by atoms with E-state index >= 15 is 0 Å². The SMILES string of the molecule is Cc1cc(I)ccc1NC(=O)CN(c1ccc(I)cc1)S(C)(=O)=O. The first-order valence-electron chi connectivity index (χ1n) is 6.96. The Bertz CT molecular complexity index is 852. The Labute approximate surface area is 169 Å². The number of sulfonamides is 1. The summed E-state index contributed by atoms with van der Waals surface area (Å²) in [7, 11) is -3.57. The molecule has 0 saturated heterocycles. The molecule has 1 amide bonds. The first-order valence-corrected chi connectivity index (χ1v) is 11.0. The lowest BCUT2D eigenvalue weighted by Crippen LogP contribution is -2.37. The molecule has 8 heteroatoms. The molecule has 24 heavy (non-hydrogen) atoms. The minimum atomic E-state index is -3.57. The zero-order valence-electron chi connectivity index (χ0n) is 13.1. The molecule has 1 N–H and O–H groups in total. The summed E-state index contributed by atoms with van der Waals surface area (Å²) in [6, 6.07) is 12.6. The van der Waals surface area contributed by atoms with Crippen molar-refractivity contribution in [3.05, 3.63) is 55.2 Å². The zero-order valence-corrected chi connectivity index (χ0v) is 18.2. The summed E-state index contributed by atoms with van der Waals surface area (Å²) in [4.78, 5) is 12.3. The van der Waals surface area contributed by atoms with Crippen molar-refractivity contribution in [1.82, 2.24) is 0 Å². The van der Waals surface area contributed by atoms with Gasteiger partial charge in [-0.3, -0.25) is 9.10 Å². The second-order valence-electron chi connectivity index (χ2n) is 5.25. The van der Waals surface area contributed by atoms with E-state index < -0.39 is 10.0 Å². The Morgan fingerprint density at radius 1 is 1.08 bits per heavy atom. The van der Waals surface area contributed by atoms with Crippen LogP contribution in [0.1, 0.15) is 5.56 Å². The molecule has 0 radical (unpaired) electrons. The minimum absolute atomic E-state index is 0.273. The average Bonchev–Trinajstić information content (AvgIpc) is 2.48. The van der Waals surface area contributed by atoms with Crippen molar-refractivity contribution < 1.29 is 13.2 Å². The predicted octanol–water partition coefficient (Wildman–Crippen LogP) is 3.61. The maximum Gasteiger partial charge on any atom is 0.245 e. The van der Waals surface area contributed by atoms with Gasteiger partial charge in [0.15, 0.2) is 0 Å². The largest absolute Gasteiger partial charge is 0.324 e. The lowest BCUT2D eigenvalue weighted by Gasteiger charge is -2.22. The van der Waals surface area contributed by atoms with E-state index in [1.807, 2.05) is 25.1 Å². The number of nitrogens with zero attached hydrogens (tertiary/aromatic N) is 1. The Hall–Kier alpha value is -0.880. The van der Waals surface area contributed by atoms with Crippen LogP contribution in [0.5, 0.6) is 0 Å². The molecule has 0 atom stereocenters. The van der Waals surface area contributed by atoms with Crippen molar-refractivity contribution in [1.29, 1.82) is 0 Å². The zero-order chi connectivity index (χ0) is 17.9. The first-order chi connectivity index (χ1) is 11.2. The van der Waals surface area contributed by atoms with Crippen LogP contribution in [0.4, 0.5) is 11.4 Å². The number of carbonyl (C=O) groups excluding carboxylic acids is 1. The van der Waals surface area contributed by atoms with E-state index in [-0.39, 0.29) is 12.5 Å². The molecule has 2 rings (SSSR count). The van der Waals surface area contributed by atoms with Gasteiger partial charge in [-0.2, -0.15) is 0 Å². The van der Waals surface area contributed by atoms with Crippen LogP contribution in [0, 0.1) is 14.1 Å². The van der Waals surface area contributed by atoms with Crippen LogP contribution < -0.4 is 9.62 Å². The number of rotatable bonds is 5. The lowest BCUT2D eigenvalue weighted by molar-refractivity contribution is -0.114. The summed E-state index contributed by atoms with van der Waals surface area (Å²) in [6.45, 7) is 1.62. The third-order valence-corrected chi connectivity index (χ3v) is 5.80. The molecular weight excluding hydrogens is 554 g/mol. The third-order valence-electron chi connectivity index (χ3n) is 3.26. The Balaban J connectivity index is 2.20. The number of amides is 1. The highest BCUT2D eigenvalue weighted by Crippen LogP contribution is 2.21. The highest BCUT2D eigenvalue weighted by atomic mass is 127. The van der Waals surface area contributed by atoms with Gasteiger partial charge in [-0.25, -0.2) is 8.42 Å². The van der Waals surface area contributed by atoms with Gasteiger partial charge in [-0.1, -0.05) is 0 Å². The van der Waals surface area contributed by atoms with Crippen LogP contribution in [0.3, 0.4) is 0 Å². The van der Waals surface area contributed by atoms with E-state index in [0.717, 1.165) is 23.3 Å². The van der Waals surface area contributed by atoms with Crippen LogP contribution in [-0.2, 0) is 14.8 Å². The van der Waals surface area contributed by atoms with Crippen molar-refractivity contribution in [3.8, 4) is 0 Å². The van der Waals surface area contributed by atoms with Crippen molar-refractivity contribution in [3.63, 3.8) is 0 Å². The normalized spacial score (nSPS) is 11.2. The smallest absolute Gasteiger partial charge is 0.245 e. The Morgan fingerprint density at radius 3 is 2.21 bits per heavy atom. The van der Waals surface area contributed by atoms with Gasteiger partial charge in [0.05, 0.1) is 11.9 Å². The fourth-order valence-corrected chi connectivity index (χ4v) is 3.96. The molecule has 2 aromatic carbocycles. The molecule has 0 unspecified atom stereocenters. The van der Waals surface area contributed by atoms with Crippen molar-refractivity contribution in [2.45, 2.75) is 6.92 Å². The third kappa shape index (κ3) is 5.31. The van der Waals surface area contributed by atoms with E-state index in [2.05, 4.69) is 50.5 Å². The molecule has 0 bridgehead atoms. The van der Waals surface area contributed by atoms with Gasteiger partial charge in [0.1, 0.15) is 6.54 Å². The maximum atomic E-state index is 12.3. The second-order valence-corrected chi connectivity index (χ2v) is 9.65. The van der Waals surface area contributed by atoms with E-state index in [4.69, 9.17) is 0 Å². The van der Waals surface area contributed by atoms with Crippen LogP contribution in [-0.4, -0.2) is 27.1 Å². The molecular formula is C16H16I2N2O3S. The highest BCUT2D eigenvalue weighted by molar-refractivity contribution is 14.1. The monoisotopic (exact) mass is 570 g/mol. The molecule has 0 aliphatic heterocycles. The molecule has 0 aliphatic rings. The lowest BCUT2D eigenvalue weighted by atomic mass is 10.2. The average molecular weight is 570 g/mol. The summed E-state index contributed by atoms with van der Waals surface area (Å²) >= 11 is 4.34. The summed E-state index contributed by atoms with van der Waals surface area (Å²) in [5.41, 5.74) is 2.07. The van der Waals surface area contributed by atoms with Crippen molar-refractivity contribution in [2.24, 2.45) is 0 Å². The molecule has 0 aromatic heterocycles. The van der Waals surface area contributed by atoms with Gasteiger partial charge in [0, 0.05) is 12.8 Å². The first kappa shape index (κ1) is 19.4. The topological polar surface area (TPSA) is 66.5 Å². The summed E-state index contributed by atoms with van der Waals surface area (Å²) in [6.07, 6.45) is 1.09. The number of carbonyl (C=O) groups is 1. The number of halogens is 2. The number of aryl methyl sites for hydroxylation is 1.